The first-order valence-corrected chi connectivity index (χ1v) is 9.11. The second kappa shape index (κ2) is 7.83. The summed E-state index contributed by atoms with van der Waals surface area (Å²) in [7, 11) is 0. The van der Waals surface area contributed by atoms with Gasteiger partial charge < -0.3 is 15.2 Å². The van der Waals surface area contributed by atoms with E-state index in [4.69, 9.17) is 4.74 Å². The number of rotatable bonds is 6. The van der Waals surface area contributed by atoms with E-state index in [1.165, 1.54) is 30.3 Å². The maximum Gasteiger partial charge on any atom is 0.416 e. The van der Waals surface area contributed by atoms with Crippen LogP contribution in [-0.2, 0) is 17.6 Å². The van der Waals surface area contributed by atoms with Gasteiger partial charge in [-0.15, -0.1) is 0 Å². The van der Waals surface area contributed by atoms with Crippen LogP contribution >= 0.6 is 15.9 Å². The topological polar surface area (TPSA) is 75.6 Å². The van der Waals surface area contributed by atoms with Gasteiger partial charge in [0.1, 0.15) is 12.4 Å². The van der Waals surface area contributed by atoms with E-state index in [9.17, 15) is 27.9 Å². The Morgan fingerprint density at radius 3 is 2.50 bits per heavy atom. The average Bonchev–Trinajstić information content (AvgIpc) is 3.45. The molecule has 0 aliphatic heterocycles. The second-order valence-corrected chi connectivity index (χ2v) is 7.28. The fourth-order valence-electron chi connectivity index (χ4n) is 2.58. The number of anilines is 1. The first-order chi connectivity index (χ1) is 13.1. The van der Waals surface area contributed by atoms with E-state index in [-0.39, 0.29) is 38.9 Å². The summed E-state index contributed by atoms with van der Waals surface area (Å²) in [6, 6.07) is 7.66. The minimum absolute atomic E-state index is 0.0814. The molecule has 148 valence electrons. The zero-order chi connectivity index (χ0) is 20.5. The molecule has 1 amide bonds. The molecule has 0 bridgehead atoms. The van der Waals surface area contributed by atoms with Crippen LogP contribution in [-0.4, -0.2) is 17.0 Å². The second-order valence-electron chi connectivity index (χ2n) is 6.36. The highest BCUT2D eigenvalue weighted by atomic mass is 79.9. The van der Waals surface area contributed by atoms with Crippen LogP contribution in [0.3, 0.4) is 0 Å². The third-order valence-electron chi connectivity index (χ3n) is 4.20. The van der Waals surface area contributed by atoms with Crippen molar-refractivity contribution in [2.24, 2.45) is 5.92 Å². The molecule has 1 fully saturated rings. The number of halogens is 4. The normalized spacial score (nSPS) is 13.9. The van der Waals surface area contributed by atoms with Crippen LogP contribution in [0.25, 0.3) is 0 Å². The molecule has 0 spiro atoms. The van der Waals surface area contributed by atoms with Gasteiger partial charge in [0, 0.05) is 16.0 Å². The quantitative estimate of drug-likeness (QED) is 0.632. The van der Waals surface area contributed by atoms with E-state index in [2.05, 4.69) is 21.2 Å². The Kier molecular flexibility index (Phi) is 5.64. The van der Waals surface area contributed by atoms with Gasteiger partial charge in [0.25, 0.3) is 0 Å². The fourth-order valence-corrected chi connectivity index (χ4v) is 2.94. The molecule has 0 aromatic heterocycles. The Bertz CT molecular complexity index is 926. The van der Waals surface area contributed by atoms with Gasteiger partial charge in [-0.2, -0.15) is 13.2 Å². The number of carbonyl (C=O) groups is 2. The van der Waals surface area contributed by atoms with Gasteiger partial charge in [0.2, 0.25) is 5.91 Å². The van der Waals surface area contributed by atoms with Gasteiger partial charge in [0.15, 0.2) is 0 Å². The van der Waals surface area contributed by atoms with Crippen LogP contribution in [0.5, 0.6) is 5.75 Å². The van der Waals surface area contributed by atoms with Gasteiger partial charge >= 0.3 is 12.1 Å². The van der Waals surface area contributed by atoms with Crippen molar-refractivity contribution in [3.05, 3.63) is 57.6 Å². The van der Waals surface area contributed by atoms with Crippen molar-refractivity contribution in [3.63, 3.8) is 0 Å². The lowest BCUT2D eigenvalue weighted by Gasteiger charge is -2.15. The van der Waals surface area contributed by atoms with Crippen molar-refractivity contribution in [1.82, 2.24) is 0 Å². The first kappa shape index (κ1) is 20.2. The van der Waals surface area contributed by atoms with E-state index in [1.54, 1.807) is 0 Å². The number of amides is 1. The SMILES string of the molecule is O=C(O)c1cc(OCc2ccc(Br)cc2C(F)(F)F)ccc1NC(=O)C1CC1. The minimum Gasteiger partial charge on any atom is -0.489 e. The minimum atomic E-state index is -4.55. The average molecular weight is 458 g/mol. The summed E-state index contributed by atoms with van der Waals surface area (Å²) in [5, 5.41) is 11.9. The number of carbonyl (C=O) groups excluding carboxylic acids is 1. The molecular weight excluding hydrogens is 443 g/mol. The summed E-state index contributed by atoms with van der Waals surface area (Å²) in [6.45, 7) is -0.394. The van der Waals surface area contributed by atoms with Gasteiger partial charge in [-0.3, -0.25) is 4.79 Å². The Morgan fingerprint density at radius 2 is 1.89 bits per heavy atom. The van der Waals surface area contributed by atoms with Gasteiger partial charge in [0.05, 0.1) is 16.8 Å². The summed E-state index contributed by atoms with van der Waals surface area (Å²) in [5.41, 5.74) is -0.998. The van der Waals surface area contributed by atoms with Crippen LogP contribution in [0.1, 0.15) is 34.3 Å². The number of ether oxygens (including phenoxy) is 1. The lowest BCUT2D eigenvalue weighted by atomic mass is 10.1. The van der Waals surface area contributed by atoms with Crippen molar-refractivity contribution in [2.45, 2.75) is 25.6 Å². The molecule has 0 unspecified atom stereocenters. The summed E-state index contributed by atoms with van der Waals surface area (Å²) in [4.78, 5) is 23.3. The molecule has 9 heteroatoms. The van der Waals surface area contributed by atoms with E-state index < -0.39 is 24.3 Å². The molecule has 1 aliphatic carbocycles. The lowest BCUT2D eigenvalue weighted by molar-refractivity contribution is -0.138. The highest BCUT2D eigenvalue weighted by molar-refractivity contribution is 9.10. The molecule has 28 heavy (non-hydrogen) atoms. The Morgan fingerprint density at radius 1 is 1.18 bits per heavy atom. The zero-order valence-corrected chi connectivity index (χ0v) is 15.9. The van der Waals surface area contributed by atoms with Crippen molar-refractivity contribution in [2.75, 3.05) is 5.32 Å². The third-order valence-corrected chi connectivity index (χ3v) is 4.69. The third kappa shape index (κ3) is 4.83. The molecule has 2 N–H and O–H groups in total. The smallest absolute Gasteiger partial charge is 0.416 e. The van der Waals surface area contributed by atoms with Gasteiger partial charge in [-0.25, -0.2) is 4.79 Å². The van der Waals surface area contributed by atoms with Crippen molar-refractivity contribution in [3.8, 4) is 5.75 Å². The van der Waals surface area contributed by atoms with Crippen LogP contribution in [0.4, 0.5) is 18.9 Å². The van der Waals surface area contributed by atoms with Crippen LogP contribution in [0.15, 0.2) is 40.9 Å². The van der Waals surface area contributed by atoms with Crippen molar-refractivity contribution >= 4 is 33.5 Å². The number of nitrogens with one attached hydrogen (secondary N) is 1. The number of carboxylic acids is 1. The molecule has 0 atom stereocenters. The van der Waals surface area contributed by atoms with E-state index in [0.717, 1.165) is 18.9 Å². The van der Waals surface area contributed by atoms with Crippen LogP contribution < -0.4 is 10.1 Å². The number of aromatic carboxylic acids is 1. The maximum absolute atomic E-state index is 13.2. The van der Waals surface area contributed by atoms with Gasteiger partial charge in [-0.05, 0) is 43.2 Å². The number of alkyl halides is 3. The molecule has 2 aromatic rings. The monoisotopic (exact) mass is 457 g/mol. The van der Waals surface area contributed by atoms with E-state index in [0.29, 0.717) is 0 Å². The number of carboxylic acid groups (broad SMARTS) is 1. The van der Waals surface area contributed by atoms with Crippen LogP contribution in [0, 0.1) is 5.92 Å². The Labute approximate surface area is 166 Å². The molecule has 3 rings (SSSR count). The highest BCUT2D eigenvalue weighted by Gasteiger charge is 2.34. The summed E-state index contributed by atoms with van der Waals surface area (Å²) in [5.74, 6) is -1.55. The molecule has 0 heterocycles. The summed E-state index contributed by atoms with van der Waals surface area (Å²) < 4.78 is 45.2. The Hall–Kier alpha value is -2.55. The molecule has 0 radical (unpaired) electrons. The largest absolute Gasteiger partial charge is 0.489 e. The van der Waals surface area contributed by atoms with E-state index >= 15 is 0 Å². The summed E-state index contributed by atoms with van der Waals surface area (Å²) in [6.07, 6.45) is -3.01. The number of hydrogen-bond acceptors (Lipinski definition) is 3. The predicted octanol–water partition coefficient (Wildman–Crippen LogP) is 5.09. The molecular formula is C19H15BrF3NO4. The molecule has 5 nitrogen and oxygen atoms in total. The Balaban J connectivity index is 1.79. The number of hydrogen-bond donors (Lipinski definition) is 2. The highest BCUT2D eigenvalue weighted by Crippen LogP contribution is 2.35. The zero-order valence-electron chi connectivity index (χ0n) is 14.3. The maximum atomic E-state index is 13.2. The fraction of sp³-hybridized carbons (Fsp3) is 0.263. The standard InChI is InChI=1S/C19H15BrF3NO4/c20-12-4-3-11(15(7-12)19(21,22)23)9-28-13-5-6-16(14(8-13)18(26)27)24-17(25)10-1-2-10/h3-8,10H,1-2,9H2,(H,24,25)(H,26,27). The predicted molar refractivity (Wildman–Crippen MR) is 98.2 cm³/mol. The van der Waals surface area contributed by atoms with Crippen molar-refractivity contribution in [1.29, 1.82) is 0 Å². The molecule has 2 aromatic carbocycles. The number of benzene rings is 2. The molecule has 0 saturated heterocycles. The first-order valence-electron chi connectivity index (χ1n) is 8.32. The molecule has 1 saturated carbocycles. The molecule has 1 aliphatic rings. The lowest BCUT2D eigenvalue weighted by Crippen LogP contribution is -2.16. The summed E-state index contributed by atoms with van der Waals surface area (Å²) >= 11 is 3.01. The van der Waals surface area contributed by atoms with Gasteiger partial charge in [-0.1, -0.05) is 22.0 Å². The van der Waals surface area contributed by atoms with Crippen LogP contribution in [0.2, 0.25) is 0 Å². The van der Waals surface area contributed by atoms with Crippen molar-refractivity contribution < 1.29 is 32.6 Å². The van der Waals surface area contributed by atoms with E-state index in [1.807, 2.05) is 0 Å².